The van der Waals surface area contributed by atoms with Gasteiger partial charge in [0.2, 0.25) is 5.91 Å². The number of rotatable bonds is 3. The molecule has 0 bridgehead atoms. The van der Waals surface area contributed by atoms with Gasteiger partial charge in [0, 0.05) is 32.1 Å². The summed E-state index contributed by atoms with van der Waals surface area (Å²) in [5.41, 5.74) is 2.38. The van der Waals surface area contributed by atoms with Crippen molar-refractivity contribution < 1.29 is 23.8 Å². The molecule has 4 fully saturated rings. The monoisotopic (exact) mass is 540 g/mol. The molecule has 7 heteroatoms. The molecule has 216 valence electrons. The maximum atomic E-state index is 12.3. The summed E-state index contributed by atoms with van der Waals surface area (Å²) in [5.74, 6) is 2.66. The van der Waals surface area contributed by atoms with Crippen LogP contribution in [-0.4, -0.2) is 46.8 Å². The van der Waals surface area contributed by atoms with Gasteiger partial charge in [0.05, 0.1) is 31.2 Å². The lowest BCUT2D eigenvalue weighted by Gasteiger charge is -2.56. The topological polar surface area (TPSA) is 79.7 Å². The molecule has 0 aromatic carbocycles. The average Bonchev–Trinajstić information content (AvgIpc) is 3.49. The van der Waals surface area contributed by atoms with Gasteiger partial charge in [-0.05, 0) is 84.5 Å². The summed E-state index contributed by atoms with van der Waals surface area (Å²) in [6, 6.07) is 0. The van der Waals surface area contributed by atoms with Crippen LogP contribution in [0.15, 0.2) is 6.20 Å². The lowest BCUT2D eigenvalue weighted by atomic mass is 9.48. The van der Waals surface area contributed by atoms with Crippen molar-refractivity contribution in [1.82, 2.24) is 9.78 Å². The van der Waals surface area contributed by atoms with Crippen molar-refractivity contribution >= 4 is 11.9 Å². The molecular formula is C32H48N2O5. The zero-order chi connectivity index (χ0) is 27.9. The number of ether oxygens (including phenoxy) is 3. The van der Waals surface area contributed by atoms with Crippen LogP contribution >= 0.6 is 0 Å². The van der Waals surface area contributed by atoms with E-state index in [9.17, 15) is 9.59 Å². The van der Waals surface area contributed by atoms with E-state index in [4.69, 9.17) is 14.2 Å². The fraction of sp³-hybridized carbons (Fsp3) is 0.844. The van der Waals surface area contributed by atoms with Crippen LogP contribution in [0.1, 0.15) is 96.6 Å². The van der Waals surface area contributed by atoms with E-state index in [1.165, 1.54) is 25.3 Å². The van der Waals surface area contributed by atoms with Crippen molar-refractivity contribution in [2.45, 2.75) is 105 Å². The fourth-order valence-electron chi connectivity index (χ4n) is 10.4. The largest absolute Gasteiger partial charge is 0.466 e. The molecule has 3 aliphatic carbocycles. The molecule has 2 aliphatic heterocycles. The average molecular weight is 541 g/mol. The van der Waals surface area contributed by atoms with E-state index in [-0.39, 0.29) is 40.5 Å². The Hall–Kier alpha value is -1.73. The van der Waals surface area contributed by atoms with Gasteiger partial charge in [-0.1, -0.05) is 34.6 Å². The second-order valence-corrected chi connectivity index (χ2v) is 14.5. The van der Waals surface area contributed by atoms with Crippen molar-refractivity contribution in [1.29, 1.82) is 0 Å². The van der Waals surface area contributed by atoms with Gasteiger partial charge in [-0.3, -0.25) is 9.59 Å². The number of esters is 1. The Balaban J connectivity index is 1.27. The molecule has 0 amide bonds. The molecule has 1 spiro atoms. The third-order valence-corrected chi connectivity index (χ3v) is 12.5. The summed E-state index contributed by atoms with van der Waals surface area (Å²) in [4.78, 5) is 24.1. The number of carbonyl (C=O) groups is 2. The molecule has 1 aromatic rings. The van der Waals surface area contributed by atoms with Crippen LogP contribution < -0.4 is 0 Å². The summed E-state index contributed by atoms with van der Waals surface area (Å²) >= 11 is 0. The maximum absolute atomic E-state index is 12.3. The smallest absolute Gasteiger partial charge is 0.302 e. The first kappa shape index (κ1) is 27.4. The zero-order valence-corrected chi connectivity index (χ0v) is 25.0. The van der Waals surface area contributed by atoms with Crippen molar-refractivity contribution in [3.8, 4) is 0 Å². The minimum Gasteiger partial charge on any atom is -0.466 e. The maximum Gasteiger partial charge on any atom is 0.302 e. The van der Waals surface area contributed by atoms with Crippen LogP contribution in [0, 0.1) is 52.3 Å². The van der Waals surface area contributed by atoms with Gasteiger partial charge in [0.25, 0.3) is 0 Å². The van der Waals surface area contributed by atoms with E-state index in [0.717, 1.165) is 38.0 Å². The van der Waals surface area contributed by atoms with Crippen LogP contribution in [0.2, 0.25) is 0 Å². The molecule has 7 nitrogen and oxygen atoms in total. The highest BCUT2D eigenvalue weighted by molar-refractivity contribution is 5.76. The van der Waals surface area contributed by atoms with E-state index >= 15 is 0 Å². The lowest BCUT2D eigenvalue weighted by Crippen LogP contribution is -2.53. The highest BCUT2D eigenvalue weighted by Gasteiger charge is 2.68. The van der Waals surface area contributed by atoms with Crippen molar-refractivity contribution in [3.63, 3.8) is 0 Å². The third kappa shape index (κ3) is 4.07. The molecule has 3 heterocycles. The fourth-order valence-corrected chi connectivity index (χ4v) is 10.4. The summed E-state index contributed by atoms with van der Waals surface area (Å²) in [6.45, 7) is 16.4. The molecular weight excluding hydrogens is 492 g/mol. The predicted molar refractivity (Wildman–Crippen MR) is 147 cm³/mol. The third-order valence-electron chi connectivity index (χ3n) is 12.5. The quantitative estimate of drug-likeness (QED) is 0.458. The van der Waals surface area contributed by atoms with Gasteiger partial charge in [-0.2, -0.15) is 5.10 Å². The number of aromatic nitrogens is 2. The Bertz CT molecular complexity index is 1140. The number of fused-ring (bicyclic) bond motifs is 4. The molecule has 39 heavy (non-hydrogen) atoms. The summed E-state index contributed by atoms with van der Waals surface area (Å²) in [7, 11) is 0. The van der Waals surface area contributed by atoms with Gasteiger partial charge in [-0.15, -0.1) is 0 Å². The Kier molecular flexibility index (Phi) is 6.62. The molecule has 1 aromatic heterocycles. The van der Waals surface area contributed by atoms with Crippen molar-refractivity contribution in [2.24, 2.45) is 52.3 Å². The summed E-state index contributed by atoms with van der Waals surface area (Å²) in [5, 5.41) is 4.44. The van der Waals surface area contributed by atoms with Crippen LogP contribution in [0.3, 0.4) is 0 Å². The van der Waals surface area contributed by atoms with E-state index in [1.54, 1.807) is 11.6 Å². The zero-order valence-electron chi connectivity index (χ0n) is 25.0. The second-order valence-electron chi connectivity index (χ2n) is 14.5. The number of hydrogen-bond donors (Lipinski definition) is 0. The first-order valence-electron chi connectivity index (χ1n) is 15.4. The second kappa shape index (κ2) is 9.40. The Morgan fingerprint density at radius 2 is 1.87 bits per heavy atom. The van der Waals surface area contributed by atoms with Crippen LogP contribution in [0.4, 0.5) is 0 Å². The molecule has 5 aliphatic rings. The number of nitrogens with zero attached hydrogens (tertiary/aromatic N) is 2. The molecule has 11 atom stereocenters. The Morgan fingerprint density at radius 3 is 2.54 bits per heavy atom. The van der Waals surface area contributed by atoms with Crippen molar-refractivity contribution in [2.75, 3.05) is 13.2 Å². The summed E-state index contributed by atoms with van der Waals surface area (Å²) < 4.78 is 20.6. The molecule has 0 radical (unpaired) electrons. The predicted octanol–water partition coefficient (Wildman–Crippen LogP) is 5.69. The van der Waals surface area contributed by atoms with Crippen LogP contribution in [-0.2, 0) is 31.8 Å². The minimum absolute atomic E-state index is 0.0398. The Morgan fingerprint density at radius 1 is 1.10 bits per heavy atom. The first-order valence-corrected chi connectivity index (χ1v) is 15.4. The van der Waals surface area contributed by atoms with E-state index in [1.807, 2.05) is 6.20 Å². The molecule has 0 N–H and O–H groups in total. The number of hydrogen-bond acceptors (Lipinski definition) is 6. The normalized spacial score (nSPS) is 46.9. The molecule has 2 saturated carbocycles. The van der Waals surface area contributed by atoms with E-state index in [0.29, 0.717) is 48.5 Å². The van der Waals surface area contributed by atoms with Gasteiger partial charge in [-0.25, -0.2) is 4.68 Å². The first-order chi connectivity index (χ1) is 18.4. The lowest BCUT2D eigenvalue weighted by molar-refractivity contribution is -0.272. The van der Waals surface area contributed by atoms with Gasteiger partial charge in [0.15, 0.2) is 5.79 Å². The molecule has 6 rings (SSSR count). The number of carbonyl (C=O) groups excluding carboxylic acids is 2. The molecule has 1 unspecified atom stereocenters. The summed E-state index contributed by atoms with van der Waals surface area (Å²) in [6.07, 6.45) is 9.45. The van der Waals surface area contributed by atoms with E-state index < -0.39 is 0 Å². The molecule has 2 saturated heterocycles. The standard InChI is InChI=1S/C32H48N2O5/c1-18-8-11-32(38-16-18)20(3)29-28(39-32)13-26-19(2)25(9-10-30(26,29)6)31(7)14-23-15-33-34(21(4)35)27(23)12-24(31)17-37-22(5)36/h15,18-20,24-26,28-29H,8-14,16-17H2,1-7H3/t18?,19-,20+,24-,25+,26+,28+,29+,30+,31+,32-/m1/s1. The highest BCUT2D eigenvalue weighted by Crippen LogP contribution is 2.69. The minimum atomic E-state index is -0.381. The van der Waals surface area contributed by atoms with Gasteiger partial charge < -0.3 is 14.2 Å². The Labute approximate surface area is 233 Å². The SMILES string of the molecule is CC(=O)OC[C@H]1Cc2c(cnn2C(C)=O)C[C@]1(C)[C@H]1CC[C@]2(C)[C@@H]3[C@H](C[C@H]2[C@@H]1C)O[C@]1(CCC(C)CO1)[C@H]3C. The van der Waals surface area contributed by atoms with Gasteiger partial charge >= 0.3 is 5.97 Å². The van der Waals surface area contributed by atoms with E-state index in [2.05, 4.69) is 39.7 Å². The highest BCUT2D eigenvalue weighted by atomic mass is 16.7. The van der Waals surface area contributed by atoms with Crippen LogP contribution in [0.5, 0.6) is 0 Å². The van der Waals surface area contributed by atoms with Crippen molar-refractivity contribution in [3.05, 3.63) is 17.5 Å². The van der Waals surface area contributed by atoms with Crippen LogP contribution in [0.25, 0.3) is 0 Å². The van der Waals surface area contributed by atoms with Gasteiger partial charge in [0.1, 0.15) is 0 Å².